The van der Waals surface area contributed by atoms with Gasteiger partial charge in [0, 0.05) is 62.0 Å². The smallest absolute Gasteiger partial charge is 0.410 e. The van der Waals surface area contributed by atoms with Gasteiger partial charge in [-0.1, -0.05) is 57.2 Å². The second kappa shape index (κ2) is 17.9. The summed E-state index contributed by atoms with van der Waals surface area (Å²) in [5.41, 5.74) is -0.950. The average molecular weight is 915 g/mol. The average Bonchev–Trinajstić information content (AvgIpc) is 4.14. The Morgan fingerprint density at radius 3 is 2.32 bits per heavy atom. The minimum atomic E-state index is -3.94. The van der Waals surface area contributed by atoms with Crippen LogP contribution < -0.4 is 19.5 Å². The molecule has 2 saturated carbocycles. The summed E-state index contributed by atoms with van der Waals surface area (Å²) in [6.07, 6.45) is 1.69. The third kappa shape index (κ3) is 10.4. The number of carbonyl (C=O) groups excluding carboxylic acids is 5. The van der Waals surface area contributed by atoms with E-state index in [-0.39, 0.29) is 44.3 Å². The van der Waals surface area contributed by atoms with Crippen molar-refractivity contribution in [1.82, 2.24) is 29.7 Å². The molecule has 17 heteroatoms. The fraction of sp³-hybridized carbons (Fsp3) is 0.542. The van der Waals surface area contributed by atoms with Gasteiger partial charge in [0.05, 0.1) is 42.1 Å². The summed E-state index contributed by atoms with van der Waals surface area (Å²) < 4.78 is 45.8. The number of amides is 5. The predicted octanol–water partition coefficient (Wildman–Crippen LogP) is 5.45. The van der Waals surface area contributed by atoms with Gasteiger partial charge in [0.15, 0.2) is 0 Å². The third-order valence-corrected chi connectivity index (χ3v) is 14.7. The van der Waals surface area contributed by atoms with Crippen LogP contribution >= 0.6 is 0 Å². The molecule has 2 saturated heterocycles. The number of rotatable bonds is 14. The van der Waals surface area contributed by atoms with E-state index in [1.165, 1.54) is 15.9 Å². The summed E-state index contributed by atoms with van der Waals surface area (Å²) in [5, 5.41) is 2.87. The predicted molar refractivity (Wildman–Crippen MR) is 244 cm³/mol. The number of fused-ring (bicyclic) bond motifs is 1. The molecule has 0 radical (unpaired) electrons. The fourth-order valence-corrected chi connectivity index (χ4v) is 10.1. The van der Waals surface area contributed by atoms with Gasteiger partial charge in [-0.3, -0.25) is 23.9 Å². The fourth-order valence-electron chi connectivity index (χ4n) is 8.77. The second-order valence-electron chi connectivity index (χ2n) is 19.9. The zero-order valence-electron chi connectivity index (χ0n) is 38.6. The first-order valence-electron chi connectivity index (χ1n) is 22.3. The molecule has 65 heavy (non-hydrogen) atoms. The number of nitrogens with zero attached hydrogens (tertiary/aromatic N) is 4. The van der Waals surface area contributed by atoms with Crippen LogP contribution in [0.2, 0.25) is 0 Å². The lowest BCUT2D eigenvalue weighted by Gasteiger charge is -2.36. The van der Waals surface area contributed by atoms with E-state index in [2.05, 4.69) is 16.6 Å². The Hall–Kier alpha value is -5.71. The highest BCUT2D eigenvalue weighted by Crippen LogP contribution is 2.46. The SMILES string of the molecule is C=CC1C[C@]1(NC(=O)[C@@H]1C[C@@H](Oc2cc(-c3ccccc3)nc3cc(OC)ccc23)CN1C(=O)[C@@H](CC(=O)N1CCC(N(C)C(=O)OC(C)(C)C)C1)C(C)(C)C)C(=O)NS(=O)(=O)C1CC1. The monoisotopic (exact) mass is 914 g/mol. The van der Waals surface area contributed by atoms with Gasteiger partial charge >= 0.3 is 6.09 Å². The van der Waals surface area contributed by atoms with Crippen LogP contribution in [0.3, 0.4) is 0 Å². The Bertz CT molecular complexity index is 2460. The lowest BCUT2D eigenvalue weighted by atomic mass is 9.77. The van der Waals surface area contributed by atoms with Crippen molar-refractivity contribution < 1.29 is 46.6 Å². The van der Waals surface area contributed by atoms with Crippen LogP contribution in [0.5, 0.6) is 11.5 Å². The molecule has 2 unspecified atom stereocenters. The Labute approximate surface area is 381 Å². The second-order valence-corrected chi connectivity index (χ2v) is 21.9. The number of nitrogens with one attached hydrogen (secondary N) is 2. The lowest BCUT2D eigenvalue weighted by molar-refractivity contribution is -0.148. The zero-order valence-corrected chi connectivity index (χ0v) is 39.4. The van der Waals surface area contributed by atoms with Crippen molar-refractivity contribution in [1.29, 1.82) is 0 Å². The van der Waals surface area contributed by atoms with E-state index in [1.807, 2.05) is 63.2 Å². The molecule has 4 aliphatic rings. The molecule has 6 atom stereocenters. The molecule has 4 fully saturated rings. The summed E-state index contributed by atoms with van der Waals surface area (Å²) in [5.74, 6) is -2.60. The normalized spacial score (nSPS) is 23.6. The zero-order chi connectivity index (χ0) is 47.2. The number of hydrogen-bond acceptors (Lipinski definition) is 11. The number of sulfonamides is 1. The molecule has 350 valence electrons. The van der Waals surface area contributed by atoms with E-state index in [4.69, 9.17) is 19.2 Å². The van der Waals surface area contributed by atoms with Crippen molar-refractivity contribution in [3.05, 3.63) is 67.3 Å². The van der Waals surface area contributed by atoms with E-state index in [1.54, 1.807) is 52.0 Å². The highest BCUT2D eigenvalue weighted by molar-refractivity contribution is 7.91. The first kappa shape index (κ1) is 47.3. The molecule has 0 spiro atoms. The summed E-state index contributed by atoms with van der Waals surface area (Å²) >= 11 is 0. The van der Waals surface area contributed by atoms with E-state index in [9.17, 15) is 27.6 Å². The maximum atomic E-state index is 15.1. The van der Waals surface area contributed by atoms with E-state index in [0.717, 1.165) is 5.56 Å². The van der Waals surface area contributed by atoms with Gasteiger partial charge in [-0.05, 0) is 64.0 Å². The van der Waals surface area contributed by atoms with Crippen molar-refractivity contribution in [2.45, 2.75) is 115 Å². The topological polar surface area (TPSA) is 194 Å². The largest absolute Gasteiger partial charge is 0.497 e. The van der Waals surface area contributed by atoms with Gasteiger partial charge in [-0.15, -0.1) is 6.58 Å². The number of carbonyl (C=O) groups is 5. The first-order valence-corrected chi connectivity index (χ1v) is 23.8. The van der Waals surface area contributed by atoms with Gasteiger partial charge in [-0.2, -0.15) is 0 Å². The summed E-state index contributed by atoms with van der Waals surface area (Å²) in [7, 11) is -0.721. The molecular weight excluding hydrogens is 853 g/mol. The number of methoxy groups -OCH3 is 1. The third-order valence-electron chi connectivity index (χ3n) is 12.9. The van der Waals surface area contributed by atoms with Crippen LogP contribution in [-0.4, -0.2) is 126 Å². The quantitative estimate of drug-likeness (QED) is 0.196. The van der Waals surface area contributed by atoms with Gasteiger partial charge in [0.1, 0.15) is 34.8 Å². The molecule has 2 aliphatic carbocycles. The van der Waals surface area contributed by atoms with Crippen LogP contribution in [0.25, 0.3) is 22.2 Å². The van der Waals surface area contributed by atoms with Crippen molar-refractivity contribution >= 4 is 50.6 Å². The highest BCUT2D eigenvalue weighted by Gasteiger charge is 2.62. The number of benzene rings is 2. The van der Waals surface area contributed by atoms with Crippen molar-refractivity contribution in [2.24, 2.45) is 17.3 Å². The Morgan fingerprint density at radius 2 is 1.71 bits per heavy atom. The molecule has 3 aromatic rings. The van der Waals surface area contributed by atoms with E-state index >= 15 is 4.79 Å². The first-order chi connectivity index (χ1) is 30.5. The minimum absolute atomic E-state index is 0.0185. The molecular formula is C48H62N6O10S. The van der Waals surface area contributed by atoms with Crippen LogP contribution in [-0.2, 0) is 33.9 Å². The Morgan fingerprint density at radius 1 is 1.00 bits per heavy atom. The van der Waals surface area contributed by atoms with Crippen LogP contribution in [0, 0.1) is 17.3 Å². The van der Waals surface area contributed by atoms with Gasteiger partial charge in [-0.25, -0.2) is 18.2 Å². The van der Waals surface area contributed by atoms with Crippen LogP contribution in [0.4, 0.5) is 4.79 Å². The molecule has 7 rings (SSSR count). The number of pyridine rings is 1. The number of ether oxygens (including phenoxy) is 3. The van der Waals surface area contributed by atoms with Gasteiger partial charge in [0.2, 0.25) is 27.7 Å². The van der Waals surface area contributed by atoms with Crippen molar-refractivity contribution in [3.8, 4) is 22.8 Å². The number of hydrogen-bond donors (Lipinski definition) is 2. The van der Waals surface area contributed by atoms with Gasteiger partial charge < -0.3 is 34.2 Å². The van der Waals surface area contributed by atoms with Crippen molar-refractivity contribution in [3.63, 3.8) is 0 Å². The van der Waals surface area contributed by atoms with E-state index in [0.29, 0.717) is 53.9 Å². The molecule has 2 N–H and O–H groups in total. The molecule has 2 aromatic carbocycles. The molecule has 5 amide bonds. The maximum Gasteiger partial charge on any atom is 0.410 e. The minimum Gasteiger partial charge on any atom is -0.497 e. The van der Waals surface area contributed by atoms with Crippen molar-refractivity contribution in [2.75, 3.05) is 33.8 Å². The number of likely N-dealkylation sites (tertiary alicyclic amines) is 2. The highest BCUT2D eigenvalue weighted by atomic mass is 32.2. The van der Waals surface area contributed by atoms with E-state index < -0.39 is 79.6 Å². The Kier molecular flexibility index (Phi) is 13.0. The summed E-state index contributed by atoms with van der Waals surface area (Å²) in [6.45, 7) is 15.4. The number of likely N-dealkylation sites (N-methyl/N-ethyl adjacent to an activating group) is 1. The lowest BCUT2D eigenvalue weighted by Crippen LogP contribution is -2.57. The summed E-state index contributed by atoms with van der Waals surface area (Å²) in [4.78, 5) is 80.1. The molecule has 3 heterocycles. The summed E-state index contributed by atoms with van der Waals surface area (Å²) in [6, 6.07) is 15.4. The Balaban J connectivity index is 1.18. The molecule has 16 nitrogen and oxygen atoms in total. The van der Waals surface area contributed by atoms with Crippen LogP contribution in [0.1, 0.15) is 80.1 Å². The standard InChI is InChI=1S/C48H62N6O10S/c1-10-30-26-48(30,44(58)51-65(60,61)34-17-18-34)50-42(56)39-23-33(63-40-25-37(29-14-12-11-13-15-29)49-38-22-32(62-9)16-19-35(38)40)28-54(39)43(57)36(46(2,3)4)24-41(55)53-21-20-31(27-53)52(8)45(59)64-47(5,6)7/h10-16,19,22,25,30-31,33-34,36,39H,1,17-18,20-21,23-24,26-28H2,2-9H3,(H,50,56)(H,51,58)/t30?,31?,33-,36-,39+,48-/m1/s1. The molecule has 0 bridgehead atoms. The maximum absolute atomic E-state index is 15.1. The number of aromatic nitrogens is 1. The molecule has 1 aromatic heterocycles. The van der Waals surface area contributed by atoms with Gasteiger partial charge in [0.25, 0.3) is 5.91 Å². The molecule has 2 aliphatic heterocycles. The van der Waals surface area contributed by atoms with Crippen LogP contribution in [0.15, 0.2) is 67.3 Å².